The van der Waals surface area contributed by atoms with Crippen LogP contribution in [0.25, 0.3) is 0 Å². The van der Waals surface area contributed by atoms with E-state index in [4.69, 9.17) is 9.47 Å². The molecular weight excluding hydrogens is 322 g/mol. The zero-order valence-electron chi connectivity index (χ0n) is 15.8. The lowest BCUT2D eigenvalue weighted by atomic mass is 10.1. The number of esters is 1. The number of carbonyl (C=O) groups excluding carboxylic acids is 2. The van der Waals surface area contributed by atoms with E-state index in [9.17, 15) is 9.59 Å². The van der Waals surface area contributed by atoms with Crippen molar-refractivity contribution in [2.24, 2.45) is 0 Å². The van der Waals surface area contributed by atoms with Gasteiger partial charge in [0.15, 0.2) is 0 Å². The minimum atomic E-state index is -0.399. The van der Waals surface area contributed by atoms with Gasteiger partial charge in [-0.2, -0.15) is 0 Å². The number of amides is 1. The summed E-state index contributed by atoms with van der Waals surface area (Å²) in [5, 5.41) is 2.92. The summed E-state index contributed by atoms with van der Waals surface area (Å²) in [6.45, 7) is 12.8. The molecule has 0 radical (unpaired) electrons. The molecule has 1 aliphatic rings. The molecular formula is C18H29N3O4. The molecule has 0 saturated carbocycles. The normalized spacial score (nSPS) is 21.2. The van der Waals surface area contributed by atoms with E-state index in [1.807, 2.05) is 0 Å². The Morgan fingerprint density at radius 1 is 1.28 bits per heavy atom. The second-order valence-corrected chi connectivity index (χ2v) is 6.62. The molecule has 1 aromatic heterocycles. The number of rotatable bonds is 6. The Hall–Kier alpha value is -1.86. The van der Waals surface area contributed by atoms with Crippen LogP contribution in [0.15, 0.2) is 0 Å². The van der Waals surface area contributed by atoms with Crippen LogP contribution in [0.4, 0.5) is 0 Å². The molecule has 7 heteroatoms. The number of aryl methyl sites for hydroxylation is 1. The van der Waals surface area contributed by atoms with Crippen LogP contribution in [0.1, 0.15) is 52.9 Å². The van der Waals surface area contributed by atoms with Gasteiger partial charge in [-0.1, -0.05) is 0 Å². The molecule has 0 bridgehead atoms. The van der Waals surface area contributed by atoms with Crippen molar-refractivity contribution >= 4 is 11.9 Å². The quantitative estimate of drug-likeness (QED) is 0.762. The molecule has 1 fully saturated rings. The first-order valence-electron chi connectivity index (χ1n) is 8.85. The average Bonchev–Trinajstić information content (AvgIpc) is 2.81. The summed E-state index contributed by atoms with van der Waals surface area (Å²) in [5.74, 6) is -0.602. The van der Waals surface area contributed by atoms with Gasteiger partial charge in [0.25, 0.3) is 5.91 Å². The predicted octanol–water partition coefficient (Wildman–Crippen LogP) is 1.65. The lowest BCUT2D eigenvalue weighted by molar-refractivity contribution is -0.0672. The van der Waals surface area contributed by atoms with E-state index in [1.54, 1.807) is 20.8 Å². The number of H-pyrrole nitrogens is 1. The molecule has 2 atom stereocenters. The minimum absolute atomic E-state index is 0.203. The molecule has 0 unspecified atom stereocenters. The Labute approximate surface area is 149 Å². The molecule has 0 aliphatic carbocycles. The van der Waals surface area contributed by atoms with Gasteiger partial charge in [-0.25, -0.2) is 4.79 Å². The topological polar surface area (TPSA) is 83.7 Å². The molecule has 2 N–H and O–H groups in total. The Morgan fingerprint density at radius 2 is 1.92 bits per heavy atom. The van der Waals surface area contributed by atoms with Crippen molar-refractivity contribution in [2.45, 2.75) is 46.8 Å². The van der Waals surface area contributed by atoms with Crippen molar-refractivity contribution in [3.8, 4) is 0 Å². The third-order valence-corrected chi connectivity index (χ3v) is 4.35. The maximum Gasteiger partial charge on any atom is 0.340 e. The number of aromatic nitrogens is 1. The summed E-state index contributed by atoms with van der Waals surface area (Å²) >= 11 is 0. The third kappa shape index (κ3) is 4.83. The zero-order chi connectivity index (χ0) is 18.6. The number of hydrogen-bond donors (Lipinski definition) is 2. The second kappa shape index (κ2) is 8.49. The molecule has 1 aromatic rings. The molecule has 0 spiro atoms. The zero-order valence-corrected chi connectivity index (χ0v) is 15.8. The first kappa shape index (κ1) is 19.5. The van der Waals surface area contributed by atoms with Gasteiger partial charge in [-0.3, -0.25) is 9.69 Å². The van der Waals surface area contributed by atoms with Gasteiger partial charge in [0.05, 0.1) is 24.4 Å². The van der Waals surface area contributed by atoms with Crippen molar-refractivity contribution in [2.75, 3.05) is 32.8 Å². The Balaban J connectivity index is 1.93. The van der Waals surface area contributed by atoms with Gasteiger partial charge in [0.2, 0.25) is 0 Å². The summed E-state index contributed by atoms with van der Waals surface area (Å²) in [6, 6.07) is 0. The van der Waals surface area contributed by atoms with E-state index in [0.717, 1.165) is 19.6 Å². The molecule has 1 amide bonds. The van der Waals surface area contributed by atoms with Gasteiger partial charge in [-0.15, -0.1) is 0 Å². The van der Waals surface area contributed by atoms with Crippen LogP contribution in [0.2, 0.25) is 0 Å². The van der Waals surface area contributed by atoms with Crippen molar-refractivity contribution in [3.63, 3.8) is 0 Å². The fraction of sp³-hybridized carbons (Fsp3) is 0.667. The first-order valence-corrected chi connectivity index (χ1v) is 8.85. The van der Waals surface area contributed by atoms with Crippen LogP contribution in [0.5, 0.6) is 0 Å². The highest BCUT2D eigenvalue weighted by Crippen LogP contribution is 2.19. The summed E-state index contributed by atoms with van der Waals surface area (Å²) in [5.41, 5.74) is 2.14. The van der Waals surface area contributed by atoms with Crippen molar-refractivity contribution in [1.29, 1.82) is 0 Å². The first-order chi connectivity index (χ1) is 11.8. The molecule has 7 nitrogen and oxygen atoms in total. The highest BCUT2D eigenvalue weighted by Gasteiger charge is 2.24. The monoisotopic (exact) mass is 351 g/mol. The number of morpholine rings is 1. The fourth-order valence-electron chi connectivity index (χ4n) is 3.37. The molecule has 0 aromatic carbocycles. The lowest BCUT2D eigenvalue weighted by Gasteiger charge is -2.35. The lowest BCUT2D eigenvalue weighted by Crippen LogP contribution is -2.47. The molecule has 1 aliphatic heterocycles. The number of nitrogens with zero attached hydrogens (tertiary/aromatic N) is 1. The number of hydrogen-bond acceptors (Lipinski definition) is 5. The van der Waals surface area contributed by atoms with Gasteiger partial charge < -0.3 is 19.8 Å². The number of nitrogens with one attached hydrogen (secondary N) is 2. The van der Waals surface area contributed by atoms with Crippen molar-refractivity contribution in [3.05, 3.63) is 22.5 Å². The van der Waals surface area contributed by atoms with Crippen LogP contribution in [-0.4, -0.2) is 66.8 Å². The molecule has 2 heterocycles. The van der Waals surface area contributed by atoms with Gasteiger partial charge in [-0.05, 0) is 40.2 Å². The van der Waals surface area contributed by atoms with Gasteiger partial charge in [0, 0.05) is 31.9 Å². The van der Waals surface area contributed by atoms with Crippen molar-refractivity contribution < 1.29 is 19.1 Å². The molecule has 2 rings (SSSR count). The summed E-state index contributed by atoms with van der Waals surface area (Å²) in [6.07, 6.45) is 0.416. The number of aromatic amines is 1. The van der Waals surface area contributed by atoms with E-state index in [2.05, 4.69) is 29.0 Å². The van der Waals surface area contributed by atoms with E-state index in [-0.39, 0.29) is 18.1 Å². The van der Waals surface area contributed by atoms with Gasteiger partial charge >= 0.3 is 5.97 Å². The van der Waals surface area contributed by atoms with Crippen molar-refractivity contribution in [1.82, 2.24) is 15.2 Å². The third-order valence-electron chi connectivity index (χ3n) is 4.35. The Kier molecular flexibility index (Phi) is 6.61. The van der Waals surface area contributed by atoms with E-state index in [1.165, 1.54) is 0 Å². The fourth-order valence-corrected chi connectivity index (χ4v) is 3.37. The highest BCUT2D eigenvalue weighted by atomic mass is 16.5. The SMILES string of the molecule is CCOC(=O)c1c(C)[nH]c(C(=O)NCCN2C[C@@H](C)O[C@H](C)C2)c1C. The predicted molar refractivity (Wildman–Crippen MR) is 95.0 cm³/mol. The largest absolute Gasteiger partial charge is 0.462 e. The Bertz CT molecular complexity index is 616. The van der Waals surface area contributed by atoms with E-state index >= 15 is 0 Å². The summed E-state index contributed by atoms with van der Waals surface area (Å²) in [4.78, 5) is 29.8. The second-order valence-electron chi connectivity index (χ2n) is 6.62. The smallest absolute Gasteiger partial charge is 0.340 e. The number of ether oxygens (including phenoxy) is 2. The standard InChI is InChI=1S/C18H29N3O4/c1-6-24-18(23)15-13(4)16(20-14(15)5)17(22)19-7-8-21-9-11(2)25-12(3)10-21/h11-12,20H,6-10H2,1-5H3,(H,19,22)/t11-,12-/m1/s1. The Morgan fingerprint density at radius 3 is 2.52 bits per heavy atom. The summed E-state index contributed by atoms with van der Waals surface area (Å²) in [7, 11) is 0. The number of carbonyl (C=O) groups is 2. The average molecular weight is 351 g/mol. The minimum Gasteiger partial charge on any atom is -0.462 e. The maximum atomic E-state index is 12.4. The van der Waals surface area contributed by atoms with E-state index < -0.39 is 5.97 Å². The van der Waals surface area contributed by atoms with Crippen LogP contribution < -0.4 is 5.32 Å². The summed E-state index contributed by atoms with van der Waals surface area (Å²) < 4.78 is 10.8. The van der Waals surface area contributed by atoms with Crippen LogP contribution in [-0.2, 0) is 9.47 Å². The van der Waals surface area contributed by atoms with Crippen LogP contribution in [0.3, 0.4) is 0 Å². The van der Waals surface area contributed by atoms with Crippen LogP contribution >= 0.6 is 0 Å². The highest BCUT2D eigenvalue weighted by molar-refractivity contribution is 6.00. The van der Waals surface area contributed by atoms with E-state index in [0.29, 0.717) is 35.7 Å². The molecule has 1 saturated heterocycles. The molecule has 25 heavy (non-hydrogen) atoms. The molecule has 140 valence electrons. The van der Waals surface area contributed by atoms with Gasteiger partial charge in [0.1, 0.15) is 5.69 Å². The maximum absolute atomic E-state index is 12.4. The van der Waals surface area contributed by atoms with Crippen LogP contribution in [0, 0.1) is 13.8 Å².